The lowest BCUT2D eigenvalue weighted by molar-refractivity contribution is 1.26. The first-order chi connectivity index (χ1) is 7.90. The predicted octanol–water partition coefficient (Wildman–Crippen LogP) is 3.41. The molecule has 2 nitrogen and oxygen atoms in total. The van der Waals surface area contributed by atoms with Crippen LogP contribution in [0.1, 0.15) is 12.0 Å². The summed E-state index contributed by atoms with van der Waals surface area (Å²) < 4.78 is 0. The molecule has 0 amide bonds. The van der Waals surface area contributed by atoms with Gasteiger partial charge in [-0.25, -0.2) is 4.98 Å². The molecule has 82 valence electrons. The molecule has 0 radical (unpaired) electrons. The molecule has 0 atom stereocenters. The summed E-state index contributed by atoms with van der Waals surface area (Å²) in [4.78, 5) is 7.09. The van der Waals surface area contributed by atoms with Crippen molar-refractivity contribution < 1.29 is 0 Å². The lowest BCUT2D eigenvalue weighted by Gasteiger charge is -1.98. The van der Waals surface area contributed by atoms with Gasteiger partial charge >= 0.3 is 0 Å². The van der Waals surface area contributed by atoms with Crippen LogP contribution in [-0.2, 0) is 0 Å². The van der Waals surface area contributed by atoms with E-state index in [4.69, 9.17) is 0 Å². The Morgan fingerprint density at radius 2 is 2.06 bits per heavy atom. The zero-order chi connectivity index (χ0) is 11.2. The fourth-order valence-corrected chi connectivity index (χ4v) is 1.63. The Labute approximate surface area is 101 Å². The molecule has 0 unspecified atom stereocenters. The molecule has 0 spiro atoms. The van der Waals surface area contributed by atoms with Gasteiger partial charge in [0, 0.05) is 0 Å². The number of nitrogens with one attached hydrogen (secondary N) is 1. The number of rotatable bonds is 4. The minimum Gasteiger partial charge on any atom is -0.345 e. The second-order valence-corrected chi connectivity index (χ2v) is 3.95. The molecule has 1 aromatic heterocycles. The quantitative estimate of drug-likeness (QED) is 0.774. The lowest BCUT2D eigenvalue weighted by Crippen LogP contribution is -1.78. The van der Waals surface area contributed by atoms with E-state index in [1.807, 2.05) is 6.20 Å². The normalized spacial score (nSPS) is 11.1. The maximum Gasteiger partial charge on any atom is 0.0924 e. The van der Waals surface area contributed by atoms with Gasteiger partial charge in [-0.1, -0.05) is 36.4 Å². The molecular formula is C13H14N2S. The predicted molar refractivity (Wildman–Crippen MR) is 71.5 cm³/mol. The van der Waals surface area contributed by atoms with Crippen LogP contribution in [0.2, 0.25) is 0 Å². The first-order valence-corrected chi connectivity index (χ1v) is 5.89. The van der Waals surface area contributed by atoms with Crippen molar-refractivity contribution in [3.63, 3.8) is 0 Å². The highest BCUT2D eigenvalue weighted by Gasteiger charge is 1.96. The Hall–Kier alpha value is -1.48. The van der Waals surface area contributed by atoms with Crippen LogP contribution in [0.15, 0.2) is 42.9 Å². The van der Waals surface area contributed by atoms with Gasteiger partial charge in [0.15, 0.2) is 0 Å². The van der Waals surface area contributed by atoms with Gasteiger partial charge in [-0.2, -0.15) is 12.6 Å². The molecule has 0 saturated heterocycles. The number of aromatic amines is 1. The van der Waals surface area contributed by atoms with Crippen LogP contribution in [-0.4, -0.2) is 15.7 Å². The van der Waals surface area contributed by atoms with Crippen molar-refractivity contribution in [2.75, 3.05) is 5.75 Å². The van der Waals surface area contributed by atoms with Crippen LogP contribution in [0.5, 0.6) is 0 Å². The Kier molecular flexibility index (Phi) is 3.83. The van der Waals surface area contributed by atoms with Gasteiger partial charge in [-0.3, -0.25) is 0 Å². The van der Waals surface area contributed by atoms with Gasteiger partial charge in [0.2, 0.25) is 0 Å². The maximum atomic E-state index is 4.16. The van der Waals surface area contributed by atoms with Crippen LogP contribution in [0.4, 0.5) is 0 Å². The average molecular weight is 230 g/mol. The number of hydrogen-bond donors (Lipinski definition) is 2. The standard InChI is InChI=1S/C13H14N2S/c16-8-2-1-3-11-4-6-12(7-5-11)13-9-14-10-15-13/h1,3-7,9-10,16H,2,8H2,(H,14,15). The highest BCUT2D eigenvalue weighted by atomic mass is 32.1. The van der Waals surface area contributed by atoms with E-state index in [0.29, 0.717) is 0 Å². The van der Waals surface area contributed by atoms with Gasteiger partial charge in [0.1, 0.15) is 0 Å². The summed E-state index contributed by atoms with van der Waals surface area (Å²) in [7, 11) is 0. The number of thiol groups is 1. The Balaban J connectivity index is 2.11. The van der Waals surface area contributed by atoms with Crippen LogP contribution >= 0.6 is 12.6 Å². The molecule has 1 N–H and O–H groups in total. The number of H-pyrrole nitrogens is 1. The van der Waals surface area contributed by atoms with Gasteiger partial charge in [0.25, 0.3) is 0 Å². The van der Waals surface area contributed by atoms with Crippen molar-refractivity contribution in [3.05, 3.63) is 48.4 Å². The fourth-order valence-electron chi connectivity index (χ4n) is 1.48. The molecule has 0 saturated carbocycles. The molecule has 2 aromatic rings. The summed E-state index contributed by atoms with van der Waals surface area (Å²) in [6, 6.07) is 8.39. The second-order valence-electron chi connectivity index (χ2n) is 3.50. The zero-order valence-electron chi connectivity index (χ0n) is 8.93. The maximum absolute atomic E-state index is 4.16. The smallest absolute Gasteiger partial charge is 0.0924 e. The van der Waals surface area contributed by atoms with Crippen LogP contribution in [0, 0.1) is 0 Å². The molecule has 16 heavy (non-hydrogen) atoms. The monoisotopic (exact) mass is 230 g/mol. The van der Waals surface area contributed by atoms with E-state index < -0.39 is 0 Å². The van der Waals surface area contributed by atoms with Gasteiger partial charge < -0.3 is 4.98 Å². The van der Waals surface area contributed by atoms with E-state index in [1.54, 1.807) is 6.33 Å². The first-order valence-electron chi connectivity index (χ1n) is 5.26. The van der Waals surface area contributed by atoms with Crippen molar-refractivity contribution in [3.8, 4) is 11.3 Å². The lowest BCUT2D eigenvalue weighted by atomic mass is 10.1. The summed E-state index contributed by atoms with van der Waals surface area (Å²) in [6.07, 6.45) is 8.78. The van der Waals surface area contributed by atoms with Crippen molar-refractivity contribution in [2.24, 2.45) is 0 Å². The summed E-state index contributed by atoms with van der Waals surface area (Å²) >= 11 is 4.16. The Morgan fingerprint density at radius 1 is 1.25 bits per heavy atom. The Morgan fingerprint density at radius 3 is 2.69 bits per heavy atom. The van der Waals surface area contributed by atoms with E-state index in [-0.39, 0.29) is 0 Å². The zero-order valence-corrected chi connectivity index (χ0v) is 9.82. The molecule has 0 aliphatic carbocycles. The number of allylic oxidation sites excluding steroid dienone is 1. The molecule has 0 aliphatic heterocycles. The molecule has 0 fully saturated rings. The minimum atomic E-state index is 0.892. The molecule has 1 heterocycles. The minimum absolute atomic E-state index is 0.892. The summed E-state index contributed by atoms with van der Waals surface area (Å²) in [6.45, 7) is 0. The fraction of sp³-hybridized carbons (Fsp3) is 0.154. The second kappa shape index (κ2) is 5.56. The van der Waals surface area contributed by atoms with E-state index in [9.17, 15) is 0 Å². The molecule has 3 heteroatoms. The number of nitrogens with zero attached hydrogens (tertiary/aromatic N) is 1. The third-order valence-electron chi connectivity index (χ3n) is 2.33. The van der Waals surface area contributed by atoms with Crippen molar-refractivity contribution >= 4 is 18.7 Å². The van der Waals surface area contributed by atoms with Crippen LogP contribution in [0.3, 0.4) is 0 Å². The number of hydrogen-bond acceptors (Lipinski definition) is 2. The van der Waals surface area contributed by atoms with Gasteiger partial charge in [-0.05, 0) is 23.3 Å². The SMILES string of the molecule is SCCC=Cc1ccc(-c2cnc[nH]2)cc1. The van der Waals surface area contributed by atoms with Crippen molar-refractivity contribution in [1.29, 1.82) is 0 Å². The van der Waals surface area contributed by atoms with Crippen LogP contribution in [0.25, 0.3) is 17.3 Å². The molecule has 1 aromatic carbocycles. The third kappa shape index (κ3) is 2.76. The van der Waals surface area contributed by atoms with Crippen molar-refractivity contribution in [2.45, 2.75) is 6.42 Å². The number of aromatic nitrogens is 2. The third-order valence-corrected chi connectivity index (χ3v) is 2.58. The summed E-state index contributed by atoms with van der Waals surface area (Å²) in [5.74, 6) is 0.892. The van der Waals surface area contributed by atoms with Crippen molar-refractivity contribution in [1.82, 2.24) is 9.97 Å². The topological polar surface area (TPSA) is 28.7 Å². The molecule has 0 aliphatic rings. The number of benzene rings is 1. The van der Waals surface area contributed by atoms with Gasteiger partial charge in [0.05, 0.1) is 18.2 Å². The Bertz CT molecular complexity index is 443. The van der Waals surface area contributed by atoms with E-state index >= 15 is 0 Å². The highest BCUT2D eigenvalue weighted by Crippen LogP contribution is 2.17. The molecular weight excluding hydrogens is 216 g/mol. The molecule has 2 rings (SSSR count). The van der Waals surface area contributed by atoms with E-state index in [2.05, 4.69) is 59.0 Å². The molecule has 0 bridgehead atoms. The van der Waals surface area contributed by atoms with E-state index in [1.165, 1.54) is 5.56 Å². The largest absolute Gasteiger partial charge is 0.345 e. The van der Waals surface area contributed by atoms with E-state index in [0.717, 1.165) is 23.4 Å². The van der Waals surface area contributed by atoms with Crippen LogP contribution < -0.4 is 0 Å². The highest BCUT2D eigenvalue weighted by molar-refractivity contribution is 7.80. The summed E-state index contributed by atoms with van der Waals surface area (Å²) in [5, 5.41) is 0. The summed E-state index contributed by atoms with van der Waals surface area (Å²) in [5.41, 5.74) is 3.42. The average Bonchev–Trinajstić information content (AvgIpc) is 2.84. The van der Waals surface area contributed by atoms with Gasteiger partial charge in [-0.15, -0.1) is 0 Å². The first kappa shape index (κ1) is 11.0. The number of imidazole rings is 1.